The van der Waals surface area contributed by atoms with Crippen LogP contribution in [0.3, 0.4) is 0 Å². The molecule has 0 N–H and O–H groups in total. The van der Waals surface area contributed by atoms with Gasteiger partial charge in [-0.05, 0) is 18.6 Å². The Bertz CT molecular complexity index is 954. The van der Waals surface area contributed by atoms with Crippen molar-refractivity contribution in [1.29, 1.82) is 0 Å². The molecule has 0 aliphatic heterocycles. The Labute approximate surface area is 167 Å². The molecule has 0 spiro atoms. The van der Waals surface area contributed by atoms with E-state index in [0.717, 1.165) is 24.7 Å². The molecule has 3 aromatic rings. The lowest BCUT2D eigenvalue weighted by Gasteiger charge is -2.20. The van der Waals surface area contributed by atoms with Crippen molar-refractivity contribution < 1.29 is 14.3 Å². The second-order valence-corrected chi connectivity index (χ2v) is 7.10. The maximum absolute atomic E-state index is 13.2. The van der Waals surface area contributed by atoms with Crippen LogP contribution in [0.15, 0.2) is 48.5 Å². The first kappa shape index (κ1) is 19.7. The second-order valence-electron chi connectivity index (χ2n) is 6.14. The first-order valence-corrected chi connectivity index (χ1v) is 9.83. The highest BCUT2D eigenvalue weighted by atomic mass is 32.1. The molecule has 1 amide bonds. The molecule has 7 heteroatoms. The summed E-state index contributed by atoms with van der Waals surface area (Å²) in [6.45, 7) is 2.62. The molecule has 0 unspecified atom stereocenters. The summed E-state index contributed by atoms with van der Waals surface area (Å²) in [6.07, 6.45) is 2.60. The summed E-state index contributed by atoms with van der Waals surface area (Å²) in [6, 6.07) is 14.3. The van der Waals surface area contributed by atoms with Crippen molar-refractivity contribution in [2.24, 2.45) is 0 Å². The summed E-state index contributed by atoms with van der Waals surface area (Å²) in [5, 5.41) is 9.74. The van der Waals surface area contributed by atoms with Crippen molar-refractivity contribution in [2.75, 3.05) is 18.6 Å². The maximum atomic E-state index is 13.2. The number of nitrogens with zero attached hydrogens (tertiary/aromatic N) is 3. The van der Waals surface area contributed by atoms with Crippen LogP contribution in [0.1, 0.15) is 40.5 Å². The van der Waals surface area contributed by atoms with Gasteiger partial charge in [0, 0.05) is 17.7 Å². The second kappa shape index (κ2) is 9.23. The predicted molar refractivity (Wildman–Crippen MR) is 110 cm³/mol. The average molecular weight is 395 g/mol. The smallest absolute Gasteiger partial charge is 0.263 e. The van der Waals surface area contributed by atoms with Gasteiger partial charge in [-0.2, -0.15) is 0 Å². The zero-order valence-corrected chi connectivity index (χ0v) is 16.6. The molecular weight excluding hydrogens is 374 g/mol. The van der Waals surface area contributed by atoms with Crippen molar-refractivity contribution in [2.45, 2.75) is 19.8 Å². The molecule has 1 aromatic heterocycles. The Balaban J connectivity index is 1.92. The minimum Gasteiger partial charge on any atom is -0.496 e. The molecule has 3 rings (SSSR count). The number of methoxy groups -OCH3 is 1. The zero-order chi connectivity index (χ0) is 19.9. The molecule has 0 saturated carbocycles. The summed E-state index contributed by atoms with van der Waals surface area (Å²) in [7, 11) is 1.55. The Hall–Kier alpha value is -3.06. The highest BCUT2D eigenvalue weighted by Crippen LogP contribution is 2.31. The van der Waals surface area contributed by atoms with Crippen LogP contribution in [0.4, 0.5) is 5.13 Å². The Morgan fingerprint density at radius 1 is 1.14 bits per heavy atom. The van der Waals surface area contributed by atoms with Gasteiger partial charge in [0.2, 0.25) is 5.13 Å². The third-order valence-corrected chi connectivity index (χ3v) is 5.25. The number of rotatable bonds is 8. The van der Waals surface area contributed by atoms with Gasteiger partial charge in [-0.15, -0.1) is 10.2 Å². The maximum Gasteiger partial charge on any atom is 0.263 e. The average Bonchev–Trinajstić information content (AvgIpc) is 3.23. The minimum absolute atomic E-state index is 0.162. The van der Waals surface area contributed by atoms with Crippen molar-refractivity contribution in [3.8, 4) is 16.3 Å². The van der Waals surface area contributed by atoms with Gasteiger partial charge in [-0.25, -0.2) is 0 Å². The molecule has 0 saturated heterocycles. The van der Waals surface area contributed by atoms with E-state index in [1.54, 1.807) is 36.3 Å². The van der Waals surface area contributed by atoms with Gasteiger partial charge in [0.25, 0.3) is 5.91 Å². The molecule has 1 heterocycles. The molecule has 0 aliphatic carbocycles. The third-order valence-electron chi connectivity index (χ3n) is 4.26. The predicted octanol–water partition coefficient (Wildman–Crippen LogP) is 4.47. The molecule has 0 fully saturated rings. The van der Waals surface area contributed by atoms with E-state index in [0.29, 0.717) is 33.6 Å². The van der Waals surface area contributed by atoms with Crippen molar-refractivity contribution >= 4 is 28.7 Å². The van der Waals surface area contributed by atoms with E-state index >= 15 is 0 Å². The van der Waals surface area contributed by atoms with Crippen LogP contribution in [0.25, 0.3) is 10.6 Å². The number of aldehydes is 1. The quantitative estimate of drug-likeness (QED) is 0.526. The van der Waals surface area contributed by atoms with Crippen LogP contribution < -0.4 is 9.64 Å². The van der Waals surface area contributed by atoms with Crippen LogP contribution in [0.5, 0.6) is 5.75 Å². The van der Waals surface area contributed by atoms with E-state index in [9.17, 15) is 9.59 Å². The fraction of sp³-hybridized carbons (Fsp3) is 0.238. The van der Waals surface area contributed by atoms with E-state index in [-0.39, 0.29) is 5.91 Å². The summed E-state index contributed by atoms with van der Waals surface area (Å²) < 4.78 is 5.34. The first-order valence-electron chi connectivity index (χ1n) is 9.02. The summed E-state index contributed by atoms with van der Waals surface area (Å²) >= 11 is 1.35. The monoisotopic (exact) mass is 395 g/mol. The lowest BCUT2D eigenvalue weighted by atomic mass is 10.1. The van der Waals surface area contributed by atoms with Crippen LogP contribution in [-0.2, 0) is 0 Å². The van der Waals surface area contributed by atoms with Gasteiger partial charge in [-0.1, -0.05) is 61.1 Å². The number of hydrogen-bond donors (Lipinski definition) is 0. The number of anilines is 1. The SMILES string of the molecule is CCCCN(C(=O)c1ccccc1OC)c1nnc(-c2ccc(C=O)cc2)s1. The number of benzene rings is 2. The van der Waals surface area contributed by atoms with Crippen molar-refractivity contribution in [1.82, 2.24) is 10.2 Å². The lowest BCUT2D eigenvalue weighted by Crippen LogP contribution is -2.32. The van der Waals surface area contributed by atoms with Gasteiger partial charge in [0.15, 0.2) is 0 Å². The van der Waals surface area contributed by atoms with Gasteiger partial charge in [0.1, 0.15) is 17.0 Å². The van der Waals surface area contributed by atoms with Crippen LogP contribution in [0.2, 0.25) is 0 Å². The number of amides is 1. The molecule has 6 nitrogen and oxygen atoms in total. The fourth-order valence-corrected chi connectivity index (χ4v) is 3.59. The summed E-state index contributed by atoms with van der Waals surface area (Å²) in [5.74, 6) is 0.369. The number of aromatic nitrogens is 2. The number of ether oxygens (including phenoxy) is 1. The van der Waals surface area contributed by atoms with Gasteiger partial charge in [-0.3, -0.25) is 14.5 Å². The van der Waals surface area contributed by atoms with Crippen molar-refractivity contribution in [3.63, 3.8) is 0 Å². The number of carbonyl (C=O) groups is 2. The first-order chi connectivity index (χ1) is 13.7. The standard InChI is InChI=1S/C21H21N3O3S/c1-3-4-13-24(20(26)17-7-5-6-8-18(17)27-2)21-23-22-19(28-21)16-11-9-15(14-25)10-12-16/h5-12,14H,3-4,13H2,1-2H3. The van der Waals surface area contributed by atoms with Gasteiger partial charge in [0.05, 0.1) is 12.7 Å². The van der Waals surface area contributed by atoms with Crippen LogP contribution in [-0.4, -0.2) is 36.0 Å². The minimum atomic E-state index is -0.162. The zero-order valence-electron chi connectivity index (χ0n) is 15.8. The molecule has 2 aromatic carbocycles. The molecule has 0 radical (unpaired) electrons. The molecule has 144 valence electrons. The van der Waals surface area contributed by atoms with E-state index in [4.69, 9.17) is 4.74 Å². The van der Waals surface area contributed by atoms with Crippen LogP contribution in [0, 0.1) is 0 Å². The summed E-state index contributed by atoms with van der Waals surface area (Å²) in [4.78, 5) is 25.7. The topological polar surface area (TPSA) is 72.4 Å². The van der Waals surface area contributed by atoms with Crippen molar-refractivity contribution in [3.05, 3.63) is 59.7 Å². The number of carbonyl (C=O) groups excluding carboxylic acids is 2. The number of hydrogen-bond acceptors (Lipinski definition) is 6. The van der Waals surface area contributed by atoms with E-state index in [1.807, 2.05) is 24.3 Å². The normalized spacial score (nSPS) is 10.5. The Morgan fingerprint density at radius 3 is 2.57 bits per heavy atom. The summed E-state index contributed by atoms with van der Waals surface area (Å²) in [5.41, 5.74) is 1.95. The molecule has 0 atom stereocenters. The van der Waals surface area contributed by atoms with E-state index in [2.05, 4.69) is 17.1 Å². The molecule has 28 heavy (non-hydrogen) atoms. The molecular formula is C21H21N3O3S. The van der Waals surface area contributed by atoms with E-state index in [1.165, 1.54) is 11.3 Å². The highest BCUT2D eigenvalue weighted by Gasteiger charge is 2.24. The lowest BCUT2D eigenvalue weighted by molar-refractivity contribution is 0.0983. The van der Waals surface area contributed by atoms with Gasteiger partial charge >= 0.3 is 0 Å². The highest BCUT2D eigenvalue weighted by molar-refractivity contribution is 7.18. The van der Waals surface area contributed by atoms with Gasteiger partial charge < -0.3 is 4.74 Å². The van der Waals surface area contributed by atoms with Crippen LogP contribution >= 0.6 is 11.3 Å². The van der Waals surface area contributed by atoms with E-state index < -0.39 is 0 Å². The third kappa shape index (κ3) is 4.26. The largest absolute Gasteiger partial charge is 0.496 e. The molecule has 0 bridgehead atoms. The molecule has 0 aliphatic rings. The fourth-order valence-electron chi connectivity index (χ4n) is 2.71. The Morgan fingerprint density at radius 2 is 1.89 bits per heavy atom. The number of para-hydroxylation sites is 1. The Kier molecular flexibility index (Phi) is 6.49. The number of unbranched alkanes of at least 4 members (excludes halogenated alkanes) is 1.